The second-order valence-corrected chi connectivity index (χ2v) is 4.92. The van der Waals surface area contributed by atoms with Gasteiger partial charge in [0.05, 0.1) is 0 Å². The van der Waals surface area contributed by atoms with Crippen molar-refractivity contribution in [1.82, 2.24) is 0 Å². The molecule has 76 valence electrons. The smallest absolute Gasteiger partial charge is 0.132 e. The quantitative estimate of drug-likeness (QED) is 0.822. The van der Waals surface area contributed by atoms with E-state index in [1.54, 1.807) is 13.0 Å². The highest BCUT2D eigenvalue weighted by molar-refractivity contribution is 9.10. The first-order chi connectivity index (χ1) is 6.54. The lowest BCUT2D eigenvalue weighted by molar-refractivity contribution is 0.243. The van der Waals surface area contributed by atoms with Crippen LogP contribution in [0.15, 0.2) is 16.6 Å². The number of halogens is 2. The summed E-state index contributed by atoms with van der Waals surface area (Å²) in [5, 5.41) is 0. The van der Waals surface area contributed by atoms with Gasteiger partial charge in [-0.05, 0) is 37.8 Å². The number of benzene rings is 1. The van der Waals surface area contributed by atoms with Crippen molar-refractivity contribution in [2.45, 2.75) is 31.7 Å². The summed E-state index contributed by atoms with van der Waals surface area (Å²) in [6.45, 7) is 1.77. The van der Waals surface area contributed by atoms with Crippen LogP contribution in [0.1, 0.15) is 30.4 Å². The van der Waals surface area contributed by atoms with Crippen molar-refractivity contribution >= 4 is 15.9 Å². The molecular formula is C11H13BrFN. The molecule has 2 N–H and O–H groups in total. The maximum absolute atomic E-state index is 13.9. The molecule has 0 atom stereocenters. The summed E-state index contributed by atoms with van der Waals surface area (Å²) in [5.74, 6) is -0.151. The Labute approximate surface area is 91.6 Å². The molecule has 0 aromatic heterocycles. The van der Waals surface area contributed by atoms with Crippen LogP contribution < -0.4 is 5.73 Å². The van der Waals surface area contributed by atoms with E-state index in [2.05, 4.69) is 15.9 Å². The molecule has 1 saturated carbocycles. The zero-order valence-electron chi connectivity index (χ0n) is 8.11. The summed E-state index contributed by atoms with van der Waals surface area (Å²) in [6.07, 6.45) is 2.86. The van der Waals surface area contributed by atoms with Gasteiger partial charge in [-0.3, -0.25) is 0 Å². The van der Waals surface area contributed by atoms with Gasteiger partial charge < -0.3 is 5.73 Å². The predicted octanol–water partition coefficient (Wildman–Crippen LogP) is 3.23. The summed E-state index contributed by atoms with van der Waals surface area (Å²) in [5.41, 5.74) is 7.01. The molecule has 1 aliphatic carbocycles. The van der Waals surface area contributed by atoms with Gasteiger partial charge >= 0.3 is 0 Å². The summed E-state index contributed by atoms with van der Waals surface area (Å²) in [4.78, 5) is 0. The van der Waals surface area contributed by atoms with Crippen molar-refractivity contribution in [2.24, 2.45) is 5.73 Å². The van der Waals surface area contributed by atoms with E-state index in [1.165, 1.54) is 0 Å². The Morgan fingerprint density at radius 2 is 2.07 bits per heavy atom. The normalized spacial score (nSPS) is 19.1. The molecule has 0 radical (unpaired) electrons. The van der Waals surface area contributed by atoms with Gasteiger partial charge in [0, 0.05) is 15.6 Å². The number of aryl methyl sites for hydroxylation is 1. The molecule has 0 heterocycles. The van der Waals surface area contributed by atoms with E-state index in [4.69, 9.17) is 5.73 Å². The summed E-state index contributed by atoms with van der Waals surface area (Å²) < 4.78 is 14.7. The second-order valence-electron chi connectivity index (χ2n) is 4.06. The van der Waals surface area contributed by atoms with Crippen molar-refractivity contribution in [1.29, 1.82) is 0 Å². The Bertz CT molecular complexity index is 372. The molecular weight excluding hydrogens is 245 g/mol. The van der Waals surface area contributed by atoms with E-state index in [1.807, 2.05) is 6.07 Å². The molecule has 1 nitrogen and oxygen atoms in total. The zero-order valence-corrected chi connectivity index (χ0v) is 9.70. The average Bonchev–Trinajstić information content (AvgIpc) is 2.09. The van der Waals surface area contributed by atoms with Crippen LogP contribution in [0.3, 0.4) is 0 Å². The molecule has 1 aliphatic rings. The van der Waals surface area contributed by atoms with Crippen LogP contribution in [0.2, 0.25) is 0 Å². The standard InChI is InChI=1S/C11H13BrFN/c1-7-3-4-8(12)9(10(7)13)11(14)5-2-6-11/h3-4H,2,5-6,14H2,1H3. The Morgan fingerprint density at radius 3 is 2.57 bits per heavy atom. The number of nitrogens with two attached hydrogens (primary N) is 1. The highest BCUT2D eigenvalue weighted by Crippen LogP contribution is 2.43. The molecule has 3 heteroatoms. The van der Waals surface area contributed by atoms with Crippen molar-refractivity contribution in [2.75, 3.05) is 0 Å². The lowest BCUT2D eigenvalue weighted by atomic mass is 9.72. The van der Waals surface area contributed by atoms with Gasteiger partial charge in [-0.2, -0.15) is 0 Å². The van der Waals surface area contributed by atoms with Crippen molar-refractivity contribution in [3.63, 3.8) is 0 Å². The van der Waals surface area contributed by atoms with Crippen molar-refractivity contribution in [3.05, 3.63) is 33.5 Å². The van der Waals surface area contributed by atoms with E-state index in [-0.39, 0.29) is 5.82 Å². The van der Waals surface area contributed by atoms with Crippen LogP contribution in [0.4, 0.5) is 4.39 Å². The molecule has 1 aromatic rings. The first-order valence-corrected chi connectivity index (χ1v) is 5.58. The lowest BCUT2D eigenvalue weighted by Gasteiger charge is -2.39. The van der Waals surface area contributed by atoms with Crippen molar-refractivity contribution < 1.29 is 4.39 Å². The fraction of sp³-hybridized carbons (Fsp3) is 0.455. The van der Waals surface area contributed by atoms with Gasteiger partial charge in [-0.25, -0.2) is 4.39 Å². The molecule has 0 amide bonds. The second kappa shape index (κ2) is 3.31. The lowest BCUT2D eigenvalue weighted by Crippen LogP contribution is -2.44. The number of hydrogen-bond donors (Lipinski definition) is 1. The van der Waals surface area contributed by atoms with Crippen LogP contribution in [0, 0.1) is 12.7 Å². The molecule has 1 aromatic carbocycles. The molecule has 0 saturated heterocycles. The first-order valence-electron chi connectivity index (χ1n) is 4.78. The third-order valence-electron chi connectivity index (χ3n) is 3.03. The van der Waals surface area contributed by atoms with E-state index < -0.39 is 5.54 Å². The summed E-state index contributed by atoms with van der Waals surface area (Å²) >= 11 is 3.37. The van der Waals surface area contributed by atoms with Crippen LogP contribution in [-0.2, 0) is 5.54 Å². The highest BCUT2D eigenvalue weighted by Gasteiger charge is 2.38. The van der Waals surface area contributed by atoms with Crippen LogP contribution >= 0.6 is 15.9 Å². The minimum atomic E-state index is -0.436. The Morgan fingerprint density at radius 1 is 1.43 bits per heavy atom. The van der Waals surface area contributed by atoms with Gasteiger partial charge in [-0.15, -0.1) is 0 Å². The Kier molecular flexibility index (Phi) is 2.40. The topological polar surface area (TPSA) is 26.0 Å². The van der Waals surface area contributed by atoms with Crippen molar-refractivity contribution in [3.8, 4) is 0 Å². The minimum absolute atomic E-state index is 0.151. The molecule has 1 fully saturated rings. The van der Waals surface area contributed by atoms with Gasteiger partial charge in [-0.1, -0.05) is 22.0 Å². The number of rotatable bonds is 1. The largest absolute Gasteiger partial charge is 0.321 e. The fourth-order valence-electron chi connectivity index (χ4n) is 1.92. The molecule has 0 unspecified atom stereocenters. The van der Waals surface area contributed by atoms with Gasteiger partial charge in [0.2, 0.25) is 0 Å². The van der Waals surface area contributed by atoms with Crippen LogP contribution in [0.25, 0.3) is 0 Å². The van der Waals surface area contributed by atoms with Gasteiger partial charge in [0.25, 0.3) is 0 Å². The van der Waals surface area contributed by atoms with Crippen LogP contribution in [0.5, 0.6) is 0 Å². The Balaban J connectivity index is 2.56. The molecule has 0 spiro atoms. The van der Waals surface area contributed by atoms with Gasteiger partial charge in [0.15, 0.2) is 0 Å². The maximum Gasteiger partial charge on any atom is 0.132 e. The minimum Gasteiger partial charge on any atom is -0.321 e. The summed E-state index contributed by atoms with van der Waals surface area (Å²) in [6, 6.07) is 3.64. The fourth-order valence-corrected chi connectivity index (χ4v) is 2.62. The Hall–Kier alpha value is -0.410. The van der Waals surface area contributed by atoms with E-state index in [9.17, 15) is 4.39 Å². The SMILES string of the molecule is Cc1ccc(Br)c(C2(N)CCC2)c1F. The predicted molar refractivity (Wildman–Crippen MR) is 58.6 cm³/mol. The average molecular weight is 258 g/mol. The van der Waals surface area contributed by atoms with E-state index in [0.717, 1.165) is 23.7 Å². The molecule has 14 heavy (non-hydrogen) atoms. The monoisotopic (exact) mass is 257 g/mol. The third-order valence-corrected chi connectivity index (χ3v) is 3.69. The molecule has 0 aliphatic heterocycles. The molecule has 2 rings (SSSR count). The number of hydrogen-bond acceptors (Lipinski definition) is 1. The van der Waals surface area contributed by atoms with Crippen LogP contribution in [-0.4, -0.2) is 0 Å². The van der Waals surface area contributed by atoms with E-state index >= 15 is 0 Å². The van der Waals surface area contributed by atoms with Gasteiger partial charge in [0.1, 0.15) is 5.82 Å². The highest BCUT2D eigenvalue weighted by atomic mass is 79.9. The summed E-state index contributed by atoms with van der Waals surface area (Å²) in [7, 11) is 0. The maximum atomic E-state index is 13.9. The zero-order chi connectivity index (χ0) is 10.3. The van der Waals surface area contributed by atoms with E-state index in [0.29, 0.717) is 11.1 Å². The first kappa shape index (κ1) is 10.1. The third kappa shape index (κ3) is 1.39. The molecule has 0 bridgehead atoms.